The fourth-order valence-electron chi connectivity index (χ4n) is 1.39. The minimum atomic E-state index is -4.82. The molecule has 21 heavy (non-hydrogen) atoms. The summed E-state index contributed by atoms with van der Waals surface area (Å²) in [5.74, 6) is -1.18. The molecule has 0 aliphatic rings. The molecule has 0 aromatic carbocycles. The van der Waals surface area contributed by atoms with Crippen molar-refractivity contribution >= 4 is 23.2 Å². The third-order valence-corrected chi connectivity index (χ3v) is 2.52. The Morgan fingerprint density at radius 1 is 1.24 bits per heavy atom. The van der Waals surface area contributed by atoms with Crippen molar-refractivity contribution in [2.75, 3.05) is 5.32 Å². The number of ether oxygens (including phenoxy) is 1. The number of amides is 1. The molecule has 2 aromatic rings. The summed E-state index contributed by atoms with van der Waals surface area (Å²) in [5.41, 5.74) is 0.323. The van der Waals surface area contributed by atoms with Crippen molar-refractivity contribution in [1.82, 2.24) is 9.97 Å². The maximum Gasteiger partial charge on any atom is 0.574 e. The molecule has 0 radical (unpaired) electrons. The number of carbonyl (C=O) groups is 1. The second kappa shape index (κ2) is 5.96. The molecule has 0 fully saturated rings. The molecular formula is C12H7ClF3N3O2. The highest BCUT2D eigenvalue weighted by atomic mass is 35.5. The molecule has 2 heterocycles. The Morgan fingerprint density at radius 3 is 2.57 bits per heavy atom. The van der Waals surface area contributed by atoms with Crippen LogP contribution >= 0.6 is 11.6 Å². The zero-order chi connectivity index (χ0) is 15.5. The monoisotopic (exact) mass is 317 g/mol. The van der Waals surface area contributed by atoms with Gasteiger partial charge in [0.25, 0.3) is 5.91 Å². The first-order valence-corrected chi connectivity index (χ1v) is 5.86. The molecular weight excluding hydrogens is 311 g/mol. The highest BCUT2D eigenvalue weighted by molar-refractivity contribution is 6.33. The number of pyridine rings is 2. The number of halogens is 4. The SMILES string of the molecule is O=C(Nc1ccc(OC(F)(F)F)nc1)c1cccnc1Cl. The van der Waals surface area contributed by atoms with Gasteiger partial charge in [-0.3, -0.25) is 4.79 Å². The van der Waals surface area contributed by atoms with Gasteiger partial charge in [-0.25, -0.2) is 9.97 Å². The maximum atomic E-state index is 12.0. The Balaban J connectivity index is 2.07. The van der Waals surface area contributed by atoms with E-state index in [2.05, 4.69) is 20.0 Å². The highest BCUT2D eigenvalue weighted by Crippen LogP contribution is 2.22. The Hall–Kier alpha value is -2.35. The third kappa shape index (κ3) is 4.32. The number of anilines is 1. The lowest BCUT2D eigenvalue weighted by Gasteiger charge is -2.09. The van der Waals surface area contributed by atoms with Crippen LogP contribution in [0.4, 0.5) is 18.9 Å². The lowest BCUT2D eigenvalue weighted by Crippen LogP contribution is -2.18. The van der Waals surface area contributed by atoms with Crippen LogP contribution in [-0.4, -0.2) is 22.2 Å². The van der Waals surface area contributed by atoms with Crippen LogP contribution in [0.5, 0.6) is 5.88 Å². The highest BCUT2D eigenvalue weighted by Gasteiger charge is 2.31. The topological polar surface area (TPSA) is 64.1 Å². The zero-order valence-electron chi connectivity index (χ0n) is 10.2. The van der Waals surface area contributed by atoms with Crippen molar-refractivity contribution in [2.45, 2.75) is 6.36 Å². The van der Waals surface area contributed by atoms with Gasteiger partial charge in [-0.1, -0.05) is 11.6 Å². The lowest BCUT2D eigenvalue weighted by atomic mass is 10.2. The number of hydrogen-bond donors (Lipinski definition) is 1. The van der Waals surface area contributed by atoms with Crippen LogP contribution in [0.1, 0.15) is 10.4 Å². The summed E-state index contributed by atoms with van der Waals surface area (Å²) < 4.78 is 39.5. The van der Waals surface area contributed by atoms with Gasteiger partial charge in [-0.15, -0.1) is 13.2 Å². The molecule has 110 valence electrons. The lowest BCUT2D eigenvalue weighted by molar-refractivity contribution is -0.276. The molecule has 2 aromatic heterocycles. The number of carbonyl (C=O) groups excluding carboxylic acids is 1. The molecule has 2 rings (SSSR count). The van der Waals surface area contributed by atoms with Crippen molar-refractivity contribution in [1.29, 1.82) is 0 Å². The average Bonchev–Trinajstić information content (AvgIpc) is 2.40. The summed E-state index contributed by atoms with van der Waals surface area (Å²) >= 11 is 5.75. The fourth-order valence-corrected chi connectivity index (χ4v) is 1.59. The molecule has 0 bridgehead atoms. The molecule has 1 N–H and O–H groups in total. The van der Waals surface area contributed by atoms with E-state index in [1.54, 1.807) is 0 Å². The Labute approximate surface area is 121 Å². The van der Waals surface area contributed by atoms with Crippen LogP contribution in [0.25, 0.3) is 0 Å². The molecule has 0 saturated carbocycles. The van der Waals surface area contributed by atoms with Crippen LogP contribution in [0.2, 0.25) is 5.15 Å². The Morgan fingerprint density at radius 2 is 2.00 bits per heavy atom. The van der Waals surface area contributed by atoms with Crippen LogP contribution in [0, 0.1) is 0 Å². The standard InChI is InChI=1S/C12H7ClF3N3O2/c13-10-8(2-1-5-17-10)11(20)19-7-3-4-9(18-6-7)21-12(14,15)16/h1-6H,(H,19,20). The van der Waals surface area contributed by atoms with E-state index >= 15 is 0 Å². The zero-order valence-corrected chi connectivity index (χ0v) is 10.9. The van der Waals surface area contributed by atoms with Crippen LogP contribution in [0.15, 0.2) is 36.7 Å². The van der Waals surface area contributed by atoms with Gasteiger partial charge in [-0.05, 0) is 18.2 Å². The van der Waals surface area contributed by atoms with E-state index in [0.29, 0.717) is 0 Å². The van der Waals surface area contributed by atoms with Crippen LogP contribution < -0.4 is 10.1 Å². The van der Waals surface area contributed by atoms with E-state index in [1.165, 1.54) is 24.4 Å². The summed E-state index contributed by atoms with van der Waals surface area (Å²) in [7, 11) is 0. The summed E-state index contributed by atoms with van der Waals surface area (Å²) in [6.45, 7) is 0. The molecule has 0 spiro atoms. The van der Waals surface area contributed by atoms with Gasteiger partial charge in [-0.2, -0.15) is 0 Å². The van der Waals surface area contributed by atoms with E-state index in [0.717, 1.165) is 12.3 Å². The van der Waals surface area contributed by atoms with Crippen molar-refractivity contribution in [3.63, 3.8) is 0 Å². The average molecular weight is 318 g/mol. The molecule has 0 unspecified atom stereocenters. The van der Waals surface area contributed by atoms with Crippen LogP contribution in [0.3, 0.4) is 0 Å². The molecule has 9 heteroatoms. The van der Waals surface area contributed by atoms with Gasteiger partial charge < -0.3 is 10.1 Å². The number of aromatic nitrogens is 2. The number of alkyl halides is 3. The number of nitrogens with one attached hydrogen (secondary N) is 1. The van der Waals surface area contributed by atoms with Gasteiger partial charge in [0.2, 0.25) is 5.88 Å². The maximum absolute atomic E-state index is 12.0. The summed E-state index contributed by atoms with van der Waals surface area (Å²) in [5, 5.41) is 2.44. The molecule has 0 aliphatic carbocycles. The number of nitrogens with zero attached hydrogens (tertiary/aromatic N) is 2. The first-order valence-electron chi connectivity index (χ1n) is 5.49. The largest absolute Gasteiger partial charge is 0.574 e. The van der Waals surface area contributed by atoms with Crippen molar-refractivity contribution < 1.29 is 22.7 Å². The van der Waals surface area contributed by atoms with Gasteiger partial charge in [0.05, 0.1) is 17.4 Å². The Bertz CT molecular complexity index is 647. The van der Waals surface area contributed by atoms with Crippen molar-refractivity contribution in [2.24, 2.45) is 0 Å². The first-order chi connectivity index (χ1) is 9.85. The molecule has 1 amide bonds. The second-order valence-corrected chi connectivity index (χ2v) is 4.09. The van der Waals surface area contributed by atoms with Crippen molar-refractivity contribution in [3.8, 4) is 5.88 Å². The molecule has 5 nitrogen and oxygen atoms in total. The summed E-state index contributed by atoms with van der Waals surface area (Å²) in [6, 6.07) is 5.18. The predicted molar refractivity (Wildman–Crippen MR) is 68.1 cm³/mol. The van der Waals surface area contributed by atoms with Gasteiger partial charge in [0, 0.05) is 12.3 Å². The van der Waals surface area contributed by atoms with Gasteiger partial charge in [0.15, 0.2) is 0 Å². The van der Waals surface area contributed by atoms with E-state index < -0.39 is 18.1 Å². The smallest absolute Gasteiger partial charge is 0.388 e. The Kier molecular flexibility index (Phi) is 4.27. The first kappa shape index (κ1) is 15.0. The third-order valence-electron chi connectivity index (χ3n) is 2.22. The number of hydrogen-bond acceptors (Lipinski definition) is 4. The predicted octanol–water partition coefficient (Wildman–Crippen LogP) is 3.28. The van der Waals surface area contributed by atoms with E-state index in [-0.39, 0.29) is 16.4 Å². The van der Waals surface area contributed by atoms with Gasteiger partial charge in [0.1, 0.15) is 5.15 Å². The minimum Gasteiger partial charge on any atom is -0.388 e. The minimum absolute atomic E-state index is 0.0139. The van der Waals surface area contributed by atoms with E-state index in [1.807, 2.05) is 0 Å². The van der Waals surface area contributed by atoms with Crippen molar-refractivity contribution in [3.05, 3.63) is 47.4 Å². The van der Waals surface area contributed by atoms with E-state index in [4.69, 9.17) is 11.6 Å². The molecule has 0 saturated heterocycles. The fraction of sp³-hybridized carbons (Fsp3) is 0.0833. The van der Waals surface area contributed by atoms with E-state index in [9.17, 15) is 18.0 Å². The number of rotatable bonds is 3. The van der Waals surface area contributed by atoms with Crippen LogP contribution in [-0.2, 0) is 0 Å². The van der Waals surface area contributed by atoms with Gasteiger partial charge >= 0.3 is 6.36 Å². The summed E-state index contributed by atoms with van der Waals surface area (Å²) in [4.78, 5) is 19.0. The molecule has 0 atom stereocenters. The normalized spacial score (nSPS) is 11.0. The second-order valence-electron chi connectivity index (χ2n) is 3.73. The quantitative estimate of drug-likeness (QED) is 0.882. The molecule has 0 aliphatic heterocycles. The summed E-state index contributed by atoms with van der Waals surface area (Å²) in [6.07, 6.45) is -2.37.